The zero-order chi connectivity index (χ0) is 16.9. The van der Waals surface area contributed by atoms with Gasteiger partial charge in [-0.25, -0.2) is 9.50 Å². The van der Waals surface area contributed by atoms with E-state index in [-0.39, 0.29) is 11.1 Å². The minimum Gasteiger partial charge on any atom is -0.424 e. The number of alkyl halides is 3. The molecule has 0 aromatic carbocycles. The maximum atomic E-state index is 13.0. The molecule has 2 heterocycles. The molecule has 0 unspecified atom stereocenters. The molecule has 4 nitrogen and oxygen atoms in total. The molecule has 0 saturated carbocycles. The molecule has 122 valence electrons. The fraction of sp³-hybridized carbons (Fsp3) is 0.571. The summed E-state index contributed by atoms with van der Waals surface area (Å²) >= 11 is 0. The van der Waals surface area contributed by atoms with E-state index in [1.165, 1.54) is 4.52 Å². The molecule has 22 heavy (non-hydrogen) atoms. The van der Waals surface area contributed by atoms with Crippen LogP contribution in [0.25, 0.3) is 5.65 Å². The number of aryl methyl sites for hydroxylation is 1. The van der Waals surface area contributed by atoms with Crippen LogP contribution in [0.3, 0.4) is 0 Å². The van der Waals surface area contributed by atoms with Crippen molar-refractivity contribution in [3.05, 3.63) is 28.2 Å². The Labute approximate surface area is 130 Å². The highest BCUT2D eigenvalue weighted by molar-refractivity contribution is 5.97. The lowest BCUT2D eigenvalue weighted by Crippen LogP contribution is -2.19. The first-order valence-corrected chi connectivity index (χ1v) is 7.75. The molecular formula is C14H20F3N3OSi. The van der Waals surface area contributed by atoms with E-state index in [4.69, 9.17) is 4.43 Å². The monoisotopic (exact) mass is 331 g/mol. The Hall–Kier alpha value is -1.41. The van der Waals surface area contributed by atoms with Gasteiger partial charge in [-0.3, -0.25) is 0 Å². The second kappa shape index (κ2) is 5.34. The molecule has 2 aromatic heterocycles. The van der Waals surface area contributed by atoms with E-state index in [1.54, 1.807) is 6.92 Å². The van der Waals surface area contributed by atoms with Gasteiger partial charge in [-0.1, -0.05) is 20.8 Å². The third-order valence-corrected chi connectivity index (χ3v) is 4.03. The number of pyridine rings is 1. The highest BCUT2D eigenvalue weighted by atomic mass is 28.2. The average Bonchev–Trinajstić information content (AvgIpc) is 2.78. The lowest BCUT2D eigenvalue weighted by molar-refractivity contribution is -0.144. The minimum absolute atomic E-state index is 0.261. The summed E-state index contributed by atoms with van der Waals surface area (Å²) in [6, 6.07) is 0. The van der Waals surface area contributed by atoms with Gasteiger partial charge in [0.1, 0.15) is 10.5 Å². The second-order valence-electron chi connectivity index (χ2n) is 6.42. The van der Waals surface area contributed by atoms with Crippen molar-refractivity contribution in [3.63, 3.8) is 0 Å². The number of aromatic nitrogens is 3. The Balaban J connectivity index is 2.94. The maximum absolute atomic E-state index is 13.0. The van der Waals surface area contributed by atoms with E-state index in [0.29, 0.717) is 22.8 Å². The van der Waals surface area contributed by atoms with E-state index in [2.05, 4.69) is 10.1 Å². The fourth-order valence-corrected chi connectivity index (χ4v) is 2.93. The molecule has 0 saturated heterocycles. The Morgan fingerprint density at radius 3 is 2.23 bits per heavy atom. The summed E-state index contributed by atoms with van der Waals surface area (Å²) in [5, 5.41) is 3.67. The van der Waals surface area contributed by atoms with Crippen molar-refractivity contribution in [1.82, 2.24) is 14.6 Å². The largest absolute Gasteiger partial charge is 0.453 e. The van der Waals surface area contributed by atoms with Crippen LogP contribution in [0.15, 0.2) is 0 Å². The van der Waals surface area contributed by atoms with Crippen molar-refractivity contribution >= 4 is 16.1 Å². The first-order valence-electron chi connectivity index (χ1n) is 6.94. The van der Waals surface area contributed by atoms with Crippen LogP contribution in [0.5, 0.6) is 0 Å². The van der Waals surface area contributed by atoms with Crippen molar-refractivity contribution < 1.29 is 17.6 Å². The molecule has 0 radical (unpaired) electrons. The number of nitrogens with zero attached hydrogens (tertiary/aromatic N) is 3. The van der Waals surface area contributed by atoms with Crippen LogP contribution in [0, 0.1) is 13.8 Å². The van der Waals surface area contributed by atoms with Crippen molar-refractivity contribution in [2.75, 3.05) is 0 Å². The summed E-state index contributed by atoms with van der Waals surface area (Å²) in [6.45, 7) is 9.88. The van der Waals surface area contributed by atoms with Gasteiger partial charge in [0.25, 0.3) is 5.82 Å². The molecule has 0 amide bonds. The zero-order valence-corrected chi connectivity index (χ0v) is 15.6. The molecule has 2 aromatic rings. The predicted octanol–water partition coefficient (Wildman–Crippen LogP) is 2.46. The molecule has 0 fully saturated rings. The van der Waals surface area contributed by atoms with Crippen LogP contribution in [0.2, 0.25) is 0 Å². The van der Waals surface area contributed by atoms with Gasteiger partial charge in [-0.05, 0) is 30.4 Å². The lowest BCUT2D eigenvalue weighted by Gasteiger charge is -2.25. The molecule has 0 atom stereocenters. The van der Waals surface area contributed by atoms with Crippen molar-refractivity contribution in [1.29, 1.82) is 0 Å². The average molecular weight is 331 g/mol. The third-order valence-electron chi connectivity index (χ3n) is 3.74. The van der Waals surface area contributed by atoms with Gasteiger partial charge in [-0.15, -0.1) is 5.10 Å². The van der Waals surface area contributed by atoms with Crippen LogP contribution >= 0.6 is 0 Å². The maximum Gasteiger partial charge on any atom is 0.453 e. The van der Waals surface area contributed by atoms with Crippen molar-refractivity contribution in [2.24, 2.45) is 0 Å². The smallest absolute Gasteiger partial charge is 0.424 e. The first kappa shape index (κ1) is 16.9. The van der Waals surface area contributed by atoms with Gasteiger partial charge in [0.15, 0.2) is 5.65 Å². The predicted molar refractivity (Wildman–Crippen MR) is 80.9 cm³/mol. The van der Waals surface area contributed by atoms with Gasteiger partial charge in [0.05, 0.1) is 6.61 Å². The minimum atomic E-state index is -4.56. The Bertz CT molecular complexity index is 717. The van der Waals surface area contributed by atoms with E-state index in [0.717, 1.165) is 16.7 Å². The Morgan fingerprint density at radius 1 is 1.18 bits per heavy atom. The molecule has 8 heteroatoms. The molecule has 0 bridgehead atoms. The Morgan fingerprint density at radius 2 is 1.77 bits per heavy atom. The summed E-state index contributed by atoms with van der Waals surface area (Å²) in [5.41, 5.74) is 3.11. The SMILES string of the molecule is Cc1c(CO[SiH3])c(C(C)(C)C)c2nc(C(F)(F)F)nn2c1C. The third kappa shape index (κ3) is 2.77. The standard InChI is InChI=1S/C14H20F3N3OSi/c1-7-8(2)20-11(18-12(19-20)14(15,16)17)10(13(3,4)5)9(7)6-21-22/h6H2,1-5,22H3. The molecule has 2 rings (SSSR count). The van der Waals surface area contributed by atoms with E-state index in [9.17, 15) is 13.2 Å². The van der Waals surface area contributed by atoms with Crippen LogP contribution in [-0.4, -0.2) is 25.1 Å². The first-order chi connectivity index (χ1) is 9.98. The summed E-state index contributed by atoms with van der Waals surface area (Å²) in [5.74, 6) is -1.11. The molecular weight excluding hydrogens is 311 g/mol. The second-order valence-corrected chi connectivity index (χ2v) is 6.99. The lowest BCUT2D eigenvalue weighted by atomic mass is 9.82. The summed E-state index contributed by atoms with van der Waals surface area (Å²) in [7, 11) is 0.560. The van der Waals surface area contributed by atoms with E-state index in [1.807, 2.05) is 27.7 Å². The molecule has 0 spiro atoms. The van der Waals surface area contributed by atoms with Crippen LogP contribution < -0.4 is 0 Å². The van der Waals surface area contributed by atoms with Gasteiger partial charge < -0.3 is 4.43 Å². The molecule has 0 aliphatic heterocycles. The topological polar surface area (TPSA) is 39.4 Å². The molecule has 0 aliphatic rings. The van der Waals surface area contributed by atoms with Gasteiger partial charge in [0, 0.05) is 11.3 Å². The van der Waals surface area contributed by atoms with Gasteiger partial charge in [0.2, 0.25) is 0 Å². The van der Waals surface area contributed by atoms with E-state index >= 15 is 0 Å². The van der Waals surface area contributed by atoms with Crippen molar-refractivity contribution in [3.8, 4) is 0 Å². The number of hydrogen-bond donors (Lipinski definition) is 0. The van der Waals surface area contributed by atoms with Crippen LogP contribution in [0.1, 0.15) is 49.0 Å². The number of hydrogen-bond acceptors (Lipinski definition) is 3. The van der Waals surface area contributed by atoms with Crippen LogP contribution in [0.4, 0.5) is 13.2 Å². The number of halogens is 3. The normalized spacial score (nSPS) is 13.3. The molecule has 0 aliphatic carbocycles. The molecule has 0 N–H and O–H groups in total. The Kier molecular flexibility index (Phi) is 4.12. The number of fused-ring (bicyclic) bond motifs is 1. The highest BCUT2D eigenvalue weighted by Crippen LogP contribution is 2.35. The fourth-order valence-electron chi connectivity index (χ4n) is 2.64. The van der Waals surface area contributed by atoms with Gasteiger partial charge in [-0.2, -0.15) is 13.2 Å². The number of rotatable bonds is 2. The summed E-state index contributed by atoms with van der Waals surface area (Å²) in [6.07, 6.45) is -4.56. The summed E-state index contributed by atoms with van der Waals surface area (Å²) in [4.78, 5) is 3.78. The van der Waals surface area contributed by atoms with E-state index < -0.39 is 12.0 Å². The summed E-state index contributed by atoms with van der Waals surface area (Å²) < 4.78 is 45.6. The zero-order valence-electron chi connectivity index (χ0n) is 13.6. The quantitative estimate of drug-likeness (QED) is 0.794. The van der Waals surface area contributed by atoms with Crippen LogP contribution in [-0.2, 0) is 22.6 Å². The van der Waals surface area contributed by atoms with Crippen molar-refractivity contribution in [2.45, 2.75) is 52.8 Å². The highest BCUT2D eigenvalue weighted by Gasteiger charge is 2.38. The van der Waals surface area contributed by atoms with Gasteiger partial charge >= 0.3 is 6.18 Å².